The molecule has 1 N–H and O–H groups in total. The lowest BCUT2D eigenvalue weighted by molar-refractivity contribution is -0.128. The molecule has 0 saturated carbocycles. The SMILES string of the molecule is O=C1NC(=O)/C(=C/C(=O)N2N=C(c3cccc4ccccc34)CC2c2cccs2)S1. The van der Waals surface area contributed by atoms with Crippen LogP contribution < -0.4 is 5.32 Å². The third-order valence-electron chi connectivity index (χ3n) is 5.00. The summed E-state index contributed by atoms with van der Waals surface area (Å²) in [5, 5.41) is 11.9. The molecule has 1 aromatic heterocycles. The Labute approximate surface area is 180 Å². The minimum atomic E-state index is -0.552. The van der Waals surface area contributed by atoms with Crippen LogP contribution >= 0.6 is 23.1 Å². The van der Waals surface area contributed by atoms with E-state index < -0.39 is 17.1 Å². The lowest BCUT2D eigenvalue weighted by Gasteiger charge is -2.19. The third kappa shape index (κ3) is 3.34. The average Bonchev–Trinajstić information content (AvgIpc) is 3.48. The van der Waals surface area contributed by atoms with Gasteiger partial charge in [0.1, 0.15) is 0 Å². The van der Waals surface area contributed by atoms with Crippen molar-refractivity contribution in [3.63, 3.8) is 0 Å². The van der Waals surface area contributed by atoms with Crippen LogP contribution in [0.1, 0.15) is 22.9 Å². The largest absolute Gasteiger partial charge is 0.290 e. The molecule has 0 aliphatic carbocycles. The van der Waals surface area contributed by atoms with E-state index in [0.29, 0.717) is 6.42 Å². The van der Waals surface area contributed by atoms with Crippen LogP contribution in [-0.4, -0.2) is 27.8 Å². The first-order chi connectivity index (χ1) is 14.6. The van der Waals surface area contributed by atoms with Crippen molar-refractivity contribution in [1.82, 2.24) is 10.3 Å². The molecule has 1 atom stereocenters. The molecule has 1 unspecified atom stereocenters. The highest BCUT2D eigenvalue weighted by molar-refractivity contribution is 8.18. The van der Waals surface area contributed by atoms with E-state index in [1.165, 1.54) is 11.1 Å². The number of hydrogen-bond donors (Lipinski definition) is 1. The quantitative estimate of drug-likeness (QED) is 0.619. The van der Waals surface area contributed by atoms with Crippen LogP contribution in [0.5, 0.6) is 0 Å². The number of nitrogens with zero attached hydrogens (tertiary/aromatic N) is 2. The van der Waals surface area contributed by atoms with Gasteiger partial charge in [0.15, 0.2) is 0 Å². The van der Waals surface area contributed by atoms with Gasteiger partial charge in [0.2, 0.25) is 0 Å². The second-order valence-electron chi connectivity index (χ2n) is 6.84. The highest BCUT2D eigenvalue weighted by atomic mass is 32.2. The molecule has 5 rings (SSSR count). The summed E-state index contributed by atoms with van der Waals surface area (Å²) in [6, 6.07) is 17.8. The predicted octanol–water partition coefficient (Wildman–Crippen LogP) is 4.45. The van der Waals surface area contributed by atoms with Gasteiger partial charge >= 0.3 is 0 Å². The van der Waals surface area contributed by atoms with E-state index in [0.717, 1.165) is 38.7 Å². The van der Waals surface area contributed by atoms with E-state index in [-0.39, 0.29) is 10.9 Å². The molecule has 1 fully saturated rings. The van der Waals surface area contributed by atoms with Gasteiger partial charge in [-0.2, -0.15) is 5.10 Å². The number of hydrazone groups is 1. The van der Waals surface area contributed by atoms with Crippen molar-refractivity contribution in [2.75, 3.05) is 0 Å². The minimum Gasteiger partial charge on any atom is -0.282 e. The summed E-state index contributed by atoms with van der Waals surface area (Å²) >= 11 is 2.29. The topological polar surface area (TPSA) is 78.8 Å². The first-order valence-electron chi connectivity index (χ1n) is 9.27. The number of carbonyl (C=O) groups is 3. The number of thioether (sulfide) groups is 1. The maximum atomic E-state index is 13.0. The Morgan fingerprint density at radius 2 is 1.93 bits per heavy atom. The Kier molecular flexibility index (Phi) is 4.72. The van der Waals surface area contributed by atoms with Crippen LogP contribution in [0.2, 0.25) is 0 Å². The van der Waals surface area contributed by atoms with E-state index in [1.54, 1.807) is 11.3 Å². The Bertz CT molecular complexity index is 1240. The fourth-order valence-electron chi connectivity index (χ4n) is 3.66. The molecule has 8 heteroatoms. The molecule has 2 aliphatic rings. The van der Waals surface area contributed by atoms with Crippen molar-refractivity contribution in [1.29, 1.82) is 0 Å². The minimum absolute atomic E-state index is 0.0868. The summed E-state index contributed by atoms with van der Waals surface area (Å²) in [6.45, 7) is 0. The fourth-order valence-corrected chi connectivity index (χ4v) is 5.11. The molecular weight excluding hydrogens is 418 g/mol. The molecule has 3 aromatic rings. The first kappa shape index (κ1) is 18.8. The van der Waals surface area contributed by atoms with Crippen molar-refractivity contribution >= 4 is 56.6 Å². The predicted molar refractivity (Wildman–Crippen MR) is 118 cm³/mol. The molecule has 2 aliphatic heterocycles. The molecule has 148 valence electrons. The number of rotatable bonds is 3. The van der Waals surface area contributed by atoms with Gasteiger partial charge in [0.25, 0.3) is 17.1 Å². The van der Waals surface area contributed by atoms with Crippen LogP contribution in [0.25, 0.3) is 10.8 Å². The van der Waals surface area contributed by atoms with E-state index >= 15 is 0 Å². The van der Waals surface area contributed by atoms with Crippen LogP contribution in [-0.2, 0) is 9.59 Å². The standard InChI is InChI=1S/C22H15N3O3S2/c26-20(12-19-21(27)23-22(28)30-19)25-17(18-9-4-10-29-18)11-16(24-25)15-8-3-6-13-5-1-2-7-14(13)15/h1-10,12,17H,11H2,(H,23,27,28)/b19-12-. The summed E-state index contributed by atoms with van der Waals surface area (Å²) in [7, 11) is 0. The summed E-state index contributed by atoms with van der Waals surface area (Å²) < 4.78 is 0. The van der Waals surface area contributed by atoms with E-state index in [9.17, 15) is 14.4 Å². The Morgan fingerprint density at radius 1 is 1.10 bits per heavy atom. The van der Waals surface area contributed by atoms with Gasteiger partial charge in [0, 0.05) is 22.9 Å². The fraction of sp³-hybridized carbons (Fsp3) is 0.0909. The van der Waals surface area contributed by atoms with Crippen molar-refractivity contribution in [2.45, 2.75) is 12.5 Å². The number of thiophene rings is 1. The summed E-state index contributed by atoms with van der Waals surface area (Å²) in [5.41, 5.74) is 1.80. The maximum Gasteiger partial charge on any atom is 0.290 e. The third-order valence-corrected chi connectivity index (χ3v) is 6.79. The lowest BCUT2D eigenvalue weighted by Crippen LogP contribution is -2.25. The Morgan fingerprint density at radius 3 is 2.70 bits per heavy atom. The molecule has 1 saturated heterocycles. The molecule has 3 amide bonds. The molecule has 0 spiro atoms. The van der Waals surface area contributed by atoms with Crippen LogP contribution in [0, 0.1) is 0 Å². The zero-order valence-corrected chi connectivity index (χ0v) is 17.2. The second kappa shape index (κ2) is 7.55. The van der Waals surface area contributed by atoms with Crippen molar-refractivity contribution < 1.29 is 14.4 Å². The monoisotopic (exact) mass is 433 g/mol. The maximum absolute atomic E-state index is 13.0. The second-order valence-corrected chi connectivity index (χ2v) is 8.84. The summed E-state index contributed by atoms with van der Waals surface area (Å²) in [6.07, 6.45) is 1.77. The zero-order valence-electron chi connectivity index (χ0n) is 15.6. The number of amides is 3. The molecule has 2 aromatic carbocycles. The Balaban J connectivity index is 1.55. The number of imide groups is 1. The van der Waals surface area contributed by atoms with E-state index in [1.807, 2.05) is 60.0 Å². The van der Waals surface area contributed by atoms with Crippen LogP contribution in [0.3, 0.4) is 0 Å². The van der Waals surface area contributed by atoms with Gasteiger partial charge in [-0.25, -0.2) is 5.01 Å². The number of nitrogens with one attached hydrogen (secondary N) is 1. The van der Waals surface area contributed by atoms with Crippen molar-refractivity contribution in [3.05, 3.63) is 81.4 Å². The zero-order chi connectivity index (χ0) is 20.7. The Hall–Kier alpha value is -3.23. The molecule has 0 radical (unpaired) electrons. The molecule has 30 heavy (non-hydrogen) atoms. The lowest BCUT2D eigenvalue weighted by atomic mass is 9.97. The number of benzene rings is 2. The van der Waals surface area contributed by atoms with Gasteiger partial charge < -0.3 is 0 Å². The number of hydrogen-bond acceptors (Lipinski definition) is 6. The highest BCUT2D eigenvalue weighted by Gasteiger charge is 2.35. The van der Waals surface area contributed by atoms with Gasteiger partial charge in [0.05, 0.1) is 16.7 Å². The average molecular weight is 434 g/mol. The molecule has 3 heterocycles. The number of carbonyl (C=O) groups excluding carboxylic acids is 3. The van der Waals surface area contributed by atoms with Gasteiger partial charge in [-0.3, -0.25) is 19.7 Å². The normalized spacial score (nSPS) is 20.1. The molecular formula is C22H15N3O3S2. The summed E-state index contributed by atoms with van der Waals surface area (Å²) in [5.74, 6) is -0.973. The van der Waals surface area contributed by atoms with Gasteiger partial charge in [-0.1, -0.05) is 48.5 Å². The molecule has 6 nitrogen and oxygen atoms in total. The smallest absolute Gasteiger partial charge is 0.282 e. The first-order valence-corrected chi connectivity index (χ1v) is 11.0. The van der Waals surface area contributed by atoms with E-state index in [2.05, 4.69) is 10.4 Å². The van der Waals surface area contributed by atoms with Gasteiger partial charge in [-0.05, 0) is 34.0 Å². The van der Waals surface area contributed by atoms with E-state index in [4.69, 9.17) is 0 Å². The summed E-state index contributed by atoms with van der Waals surface area (Å²) in [4.78, 5) is 37.4. The van der Waals surface area contributed by atoms with Crippen LogP contribution in [0.15, 0.2) is 76.1 Å². The molecule has 0 bridgehead atoms. The van der Waals surface area contributed by atoms with Crippen molar-refractivity contribution in [3.8, 4) is 0 Å². The van der Waals surface area contributed by atoms with Gasteiger partial charge in [-0.15, -0.1) is 11.3 Å². The van der Waals surface area contributed by atoms with Crippen LogP contribution in [0.4, 0.5) is 4.79 Å². The van der Waals surface area contributed by atoms with Crippen molar-refractivity contribution in [2.24, 2.45) is 5.10 Å². The number of fused-ring (bicyclic) bond motifs is 1. The highest BCUT2D eigenvalue weighted by Crippen LogP contribution is 2.37.